The van der Waals surface area contributed by atoms with Crippen molar-refractivity contribution in [1.82, 2.24) is 15.5 Å². The summed E-state index contributed by atoms with van der Waals surface area (Å²) in [5.74, 6) is 1.26. The van der Waals surface area contributed by atoms with Gasteiger partial charge in [-0.3, -0.25) is 0 Å². The molecule has 1 heterocycles. The van der Waals surface area contributed by atoms with E-state index in [-0.39, 0.29) is 6.29 Å². The molecule has 98 valence electrons. The van der Waals surface area contributed by atoms with Gasteiger partial charge in [-0.05, 0) is 13.8 Å². The summed E-state index contributed by atoms with van der Waals surface area (Å²) in [5, 5.41) is 7.01. The monoisotopic (exact) mass is 243 g/mol. The van der Waals surface area contributed by atoms with Crippen molar-refractivity contribution in [2.45, 2.75) is 40.0 Å². The first-order valence-corrected chi connectivity index (χ1v) is 5.99. The highest BCUT2D eigenvalue weighted by Crippen LogP contribution is 2.00. The molecule has 0 saturated heterocycles. The SMILES string of the molecule is CCOC(CCNCc1noc(C)n1)OCC. The Hall–Kier alpha value is -0.980. The average Bonchev–Trinajstić information content (AvgIpc) is 2.71. The quantitative estimate of drug-likeness (QED) is 0.520. The van der Waals surface area contributed by atoms with Crippen molar-refractivity contribution in [2.75, 3.05) is 19.8 Å². The number of hydrogen-bond donors (Lipinski definition) is 1. The molecule has 0 radical (unpaired) electrons. The number of aryl methyl sites for hydroxylation is 1. The molecule has 0 spiro atoms. The van der Waals surface area contributed by atoms with Crippen LogP contribution < -0.4 is 5.32 Å². The van der Waals surface area contributed by atoms with Crippen LogP contribution in [0.15, 0.2) is 4.52 Å². The van der Waals surface area contributed by atoms with Crippen molar-refractivity contribution in [3.8, 4) is 0 Å². The van der Waals surface area contributed by atoms with E-state index in [1.807, 2.05) is 13.8 Å². The van der Waals surface area contributed by atoms with Gasteiger partial charge in [0.25, 0.3) is 0 Å². The minimum atomic E-state index is -0.135. The topological polar surface area (TPSA) is 69.4 Å². The minimum Gasteiger partial charge on any atom is -0.353 e. The number of aromatic nitrogens is 2. The lowest BCUT2D eigenvalue weighted by Crippen LogP contribution is -2.25. The Labute approximate surface area is 102 Å². The molecule has 17 heavy (non-hydrogen) atoms. The first-order valence-electron chi connectivity index (χ1n) is 5.99. The molecular weight excluding hydrogens is 222 g/mol. The van der Waals surface area contributed by atoms with Gasteiger partial charge in [0, 0.05) is 33.1 Å². The Kier molecular flexibility index (Phi) is 6.76. The second kappa shape index (κ2) is 8.16. The Morgan fingerprint density at radius 2 is 2.00 bits per heavy atom. The van der Waals surface area contributed by atoms with E-state index in [1.165, 1.54) is 0 Å². The maximum atomic E-state index is 5.43. The van der Waals surface area contributed by atoms with Gasteiger partial charge in [0.2, 0.25) is 5.89 Å². The second-order valence-corrected chi connectivity index (χ2v) is 3.54. The van der Waals surface area contributed by atoms with Crippen LogP contribution in [0.4, 0.5) is 0 Å². The lowest BCUT2D eigenvalue weighted by molar-refractivity contribution is -0.138. The van der Waals surface area contributed by atoms with Crippen LogP contribution in [0.1, 0.15) is 32.0 Å². The normalized spacial score (nSPS) is 11.3. The van der Waals surface area contributed by atoms with Gasteiger partial charge in [0.15, 0.2) is 12.1 Å². The van der Waals surface area contributed by atoms with Gasteiger partial charge >= 0.3 is 0 Å². The van der Waals surface area contributed by atoms with E-state index in [9.17, 15) is 0 Å². The maximum absolute atomic E-state index is 5.43. The summed E-state index contributed by atoms with van der Waals surface area (Å²) >= 11 is 0. The van der Waals surface area contributed by atoms with Crippen molar-refractivity contribution < 1.29 is 14.0 Å². The lowest BCUT2D eigenvalue weighted by Gasteiger charge is -2.16. The largest absolute Gasteiger partial charge is 0.353 e. The van der Waals surface area contributed by atoms with Crippen molar-refractivity contribution in [3.63, 3.8) is 0 Å². The predicted octanol–water partition coefficient (Wildman–Crippen LogP) is 1.26. The molecule has 1 aromatic rings. The van der Waals surface area contributed by atoms with Gasteiger partial charge < -0.3 is 19.3 Å². The van der Waals surface area contributed by atoms with Gasteiger partial charge in [-0.2, -0.15) is 4.98 Å². The van der Waals surface area contributed by atoms with Crippen molar-refractivity contribution in [3.05, 3.63) is 11.7 Å². The van der Waals surface area contributed by atoms with Gasteiger partial charge in [-0.1, -0.05) is 5.16 Å². The summed E-state index contributed by atoms with van der Waals surface area (Å²) < 4.78 is 15.7. The number of nitrogens with one attached hydrogen (secondary N) is 1. The summed E-state index contributed by atoms with van der Waals surface area (Å²) in [6.45, 7) is 8.41. The van der Waals surface area contributed by atoms with E-state index in [0.717, 1.165) is 13.0 Å². The van der Waals surface area contributed by atoms with E-state index >= 15 is 0 Å². The molecule has 6 heteroatoms. The molecule has 0 atom stereocenters. The molecule has 0 amide bonds. The molecule has 1 N–H and O–H groups in total. The number of ether oxygens (including phenoxy) is 2. The van der Waals surface area contributed by atoms with Crippen molar-refractivity contribution in [1.29, 1.82) is 0 Å². The zero-order chi connectivity index (χ0) is 12.5. The minimum absolute atomic E-state index is 0.135. The zero-order valence-corrected chi connectivity index (χ0v) is 10.7. The summed E-state index contributed by atoms with van der Waals surface area (Å²) in [5.41, 5.74) is 0. The standard InChI is InChI=1S/C11H21N3O3/c1-4-15-11(16-5-2)6-7-12-8-10-13-9(3)17-14-10/h11-12H,4-8H2,1-3H3. The van der Waals surface area contributed by atoms with Crippen molar-refractivity contribution in [2.24, 2.45) is 0 Å². The molecule has 0 fully saturated rings. The highest BCUT2D eigenvalue weighted by Gasteiger charge is 2.07. The van der Waals surface area contributed by atoms with Crippen LogP contribution in [0.2, 0.25) is 0 Å². The molecule has 0 bridgehead atoms. The number of hydrogen-bond acceptors (Lipinski definition) is 6. The first kappa shape index (κ1) is 14.1. The van der Waals surface area contributed by atoms with Gasteiger partial charge in [0.1, 0.15) is 0 Å². The van der Waals surface area contributed by atoms with Crippen molar-refractivity contribution >= 4 is 0 Å². The van der Waals surface area contributed by atoms with Crippen LogP contribution >= 0.6 is 0 Å². The highest BCUT2D eigenvalue weighted by molar-refractivity contribution is 4.82. The molecule has 0 aliphatic rings. The van der Waals surface area contributed by atoms with E-state index in [4.69, 9.17) is 14.0 Å². The van der Waals surface area contributed by atoms with Crippen LogP contribution in [0.5, 0.6) is 0 Å². The molecule has 1 aromatic heterocycles. The molecular formula is C11H21N3O3. The Morgan fingerprint density at radius 1 is 1.29 bits per heavy atom. The molecule has 0 saturated carbocycles. The third-order valence-corrected chi connectivity index (χ3v) is 2.11. The molecule has 0 aromatic carbocycles. The lowest BCUT2D eigenvalue weighted by atomic mass is 10.4. The van der Waals surface area contributed by atoms with E-state index < -0.39 is 0 Å². The zero-order valence-electron chi connectivity index (χ0n) is 10.7. The van der Waals surface area contributed by atoms with Crippen LogP contribution in [0.25, 0.3) is 0 Å². The van der Waals surface area contributed by atoms with Crippen LogP contribution in [0, 0.1) is 6.92 Å². The third kappa shape index (κ3) is 5.76. The molecule has 6 nitrogen and oxygen atoms in total. The first-order chi connectivity index (χ1) is 8.26. The maximum Gasteiger partial charge on any atom is 0.223 e. The smallest absolute Gasteiger partial charge is 0.223 e. The Bertz CT molecular complexity index is 298. The fourth-order valence-electron chi connectivity index (χ4n) is 1.42. The summed E-state index contributed by atoms with van der Waals surface area (Å²) in [6.07, 6.45) is 0.669. The summed E-state index contributed by atoms with van der Waals surface area (Å²) in [4.78, 5) is 4.10. The number of rotatable bonds is 9. The fraction of sp³-hybridized carbons (Fsp3) is 0.818. The molecule has 0 aliphatic carbocycles. The van der Waals surface area contributed by atoms with Gasteiger partial charge in [-0.25, -0.2) is 0 Å². The van der Waals surface area contributed by atoms with E-state index in [1.54, 1.807) is 6.92 Å². The molecule has 0 unspecified atom stereocenters. The van der Waals surface area contributed by atoms with Gasteiger partial charge in [0.05, 0.1) is 6.54 Å². The van der Waals surface area contributed by atoms with Crippen LogP contribution in [0.3, 0.4) is 0 Å². The highest BCUT2D eigenvalue weighted by atomic mass is 16.7. The Morgan fingerprint density at radius 3 is 2.53 bits per heavy atom. The second-order valence-electron chi connectivity index (χ2n) is 3.54. The Balaban J connectivity index is 2.13. The third-order valence-electron chi connectivity index (χ3n) is 2.11. The molecule has 0 aliphatic heterocycles. The van der Waals surface area contributed by atoms with Crippen LogP contribution in [-0.2, 0) is 16.0 Å². The average molecular weight is 243 g/mol. The van der Waals surface area contributed by atoms with Crippen LogP contribution in [-0.4, -0.2) is 36.2 Å². The predicted molar refractivity (Wildman–Crippen MR) is 62.4 cm³/mol. The van der Waals surface area contributed by atoms with E-state index in [2.05, 4.69) is 15.5 Å². The number of nitrogens with zero attached hydrogens (tertiary/aromatic N) is 2. The molecule has 1 rings (SSSR count). The fourth-order valence-corrected chi connectivity index (χ4v) is 1.42. The summed E-state index contributed by atoms with van der Waals surface area (Å²) in [6, 6.07) is 0. The summed E-state index contributed by atoms with van der Waals surface area (Å²) in [7, 11) is 0. The van der Waals surface area contributed by atoms with E-state index in [0.29, 0.717) is 31.5 Å². The van der Waals surface area contributed by atoms with Gasteiger partial charge in [-0.15, -0.1) is 0 Å².